The Kier molecular flexibility index (Phi) is 4.21. The van der Waals surface area contributed by atoms with Gasteiger partial charge in [0.15, 0.2) is 0 Å². The van der Waals surface area contributed by atoms with E-state index in [0.717, 1.165) is 100.0 Å². The number of amides is 2. The van der Waals surface area contributed by atoms with E-state index < -0.39 is 0 Å². The molecule has 0 aromatic heterocycles. The molecule has 9 aliphatic rings. The topological polar surface area (TPSA) is 40.6 Å². The Bertz CT molecular complexity index is 654. The highest BCUT2D eigenvalue weighted by Crippen LogP contribution is 2.62. The van der Waals surface area contributed by atoms with Crippen molar-refractivity contribution in [2.24, 2.45) is 46.3 Å². The lowest BCUT2D eigenvalue weighted by Gasteiger charge is -2.57. The van der Waals surface area contributed by atoms with E-state index in [9.17, 15) is 9.59 Å². The molecule has 0 spiro atoms. The second-order valence-corrected chi connectivity index (χ2v) is 13.4. The fraction of sp³-hybridized carbons (Fsp3) is 0.926. The van der Waals surface area contributed by atoms with E-state index in [1.165, 1.54) is 38.5 Å². The molecule has 1 aliphatic heterocycles. The van der Waals surface area contributed by atoms with Gasteiger partial charge >= 0.3 is 0 Å². The molecule has 9 rings (SSSR count). The van der Waals surface area contributed by atoms with Gasteiger partial charge < -0.3 is 9.80 Å². The smallest absolute Gasteiger partial charge is 0.230 e. The van der Waals surface area contributed by atoms with Crippen molar-refractivity contribution in [3.05, 3.63) is 0 Å². The summed E-state index contributed by atoms with van der Waals surface area (Å²) in [5.41, 5.74) is -0.150. The predicted molar refractivity (Wildman–Crippen MR) is 119 cm³/mol. The van der Waals surface area contributed by atoms with Crippen LogP contribution >= 0.6 is 0 Å². The van der Waals surface area contributed by atoms with E-state index in [4.69, 9.17) is 0 Å². The summed E-state index contributed by atoms with van der Waals surface area (Å²) in [6.45, 7) is 2.32. The van der Waals surface area contributed by atoms with Gasteiger partial charge in [0, 0.05) is 13.1 Å². The molecule has 8 saturated carbocycles. The molecule has 1 saturated heterocycles. The molecule has 0 unspecified atom stereocenters. The second kappa shape index (κ2) is 6.73. The van der Waals surface area contributed by atoms with Crippen molar-refractivity contribution in [2.75, 3.05) is 19.8 Å². The summed E-state index contributed by atoms with van der Waals surface area (Å²) >= 11 is 0. The largest absolute Gasteiger partial charge is 0.324 e. The molecule has 2 amide bonds. The molecule has 0 aromatic carbocycles. The fourth-order valence-electron chi connectivity index (χ4n) is 10.7. The van der Waals surface area contributed by atoms with E-state index in [-0.39, 0.29) is 10.8 Å². The van der Waals surface area contributed by atoms with Crippen LogP contribution in [-0.2, 0) is 9.59 Å². The molecule has 4 heteroatoms. The van der Waals surface area contributed by atoms with Gasteiger partial charge in [-0.3, -0.25) is 9.59 Å². The van der Waals surface area contributed by atoms with Gasteiger partial charge in [0.2, 0.25) is 11.8 Å². The van der Waals surface area contributed by atoms with E-state index in [1.54, 1.807) is 0 Å². The summed E-state index contributed by atoms with van der Waals surface area (Å²) in [4.78, 5) is 32.3. The van der Waals surface area contributed by atoms with Crippen LogP contribution in [0.3, 0.4) is 0 Å². The zero-order valence-electron chi connectivity index (χ0n) is 19.2. The minimum Gasteiger partial charge on any atom is -0.324 e. The maximum Gasteiger partial charge on any atom is 0.230 e. The first-order chi connectivity index (χ1) is 15.0. The van der Waals surface area contributed by atoms with E-state index >= 15 is 0 Å². The lowest BCUT2D eigenvalue weighted by molar-refractivity contribution is -0.166. The van der Waals surface area contributed by atoms with Gasteiger partial charge in [-0.25, -0.2) is 0 Å². The number of nitrogens with zero attached hydrogens (tertiary/aromatic N) is 2. The van der Waals surface area contributed by atoms with Crippen LogP contribution < -0.4 is 0 Å². The van der Waals surface area contributed by atoms with Crippen molar-refractivity contribution in [3.63, 3.8) is 0 Å². The zero-order valence-corrected chi connectivity index (χ0v) is 19.2. The minimum absolute atomic E-state index is 0.0749. The van der Waals surface area contributed by atoms with Crippen LogP contribution in [-0.4, -0.2) is 41.4 Å². The van der Waals surface area contributed by atoms with Crippen LogP contribution in [0.25, 0.3) is 0 Å². The maximum atomic E-state index is 14.0. The maximum absolute atomic E-state index is 14.0. The Labute approximate surface area is 187 Å². The first-order valence-electron chi connectivity index (χ1n) is 13.6. The molecule has 1 heterocycles. The van der Waals surface area contributed by atoms with Crippen molar-refractivity contribution in [1.29, 1.82) is 0 Å². The highest BCUT2D eigenvalue weighted by atomic mass is 16.2. The normalized spacial score (nSPS) is 50.1. The molecular weight excluding hydrogens is 384 g/mol. The Hall–Kier alpha value is -1.06. The first-order valence-corrected chi connectivity index (χ1v) is 13.6. The third-order valence-corrected chi connectivity index (χ3v) is 11.0. The van der Waals surface area contributed by atoms with Crippen molar-refractivity contribution in [1.82, 2.24) is 9.80 Å². The number of hydrogen-bond acceptors (Lipinski definition) is 2. The number of carbonyl (C=O) groups excluding carboxylic acids is 2. The van der Waals surface area contributed by atoms with Crippen molar-refractivity contribution in [2.45, 2.75) is 89.9 Å². The SMILES string of the molecule is O=C(N1CCCCN(C(=O)C23CC4CC(CC(C4)C2)C3)C1)C12CC3CC(CC(C3)C1)C2. The third-order valence-electron chi connectivity index (χ3n) is 11.0. The average molecular weight is 425 g/mol. The van der Waals surface area contributed by atoms with E-state index in [2.05, 4.69) is 9.80 Å². The van der Waals surface area contributed by atoms with Crippen molar-refractivity contribution < 1.29 is 9.59 Å². The van der Waals surface area contributed by atoms with Gasteiger partial charge in [0.1, 0.15) is 0 Å². The van der Waals surface area contributed by atoms with Gasteiger partial charge in [0.25, 0.3) is 0 Å². The Morgan fingerprint density at radius 3 is 1.10 bits per heavy atom. The van der Waals surface area contributed by atoms with E-state index in [0.29, 0.717) is 18.5 Å². The standard InChI is InChI=1S/C27H40N2O2/c30-24(26-11-18-5-19(12-26)7-20(6-18)13-26)28-3-1-2-4-29(17-28)25(31)27-14-21-8-22(15-27)10-23(9-21)16-27/h18-23H,1-17H2. The number of carbonyl (C=O) groups is 2. The van der Waals surface area contributed by atoms with Crippen LogP contribution in [0.2, 0.25) is 0 Å². The summed E-state index contributed by atoms with van der Waals surface area (Å²) in [6.07, 6.45) is 17.2. The molecule has 0 radical (unpaired) electrons. The van der Waals surface area contributed by atoms with Gasteiger partial charge in [0.05, 0.1) is 17.5 Å². The average Bonchev–Trinajstić information content (AvgIpc) is 2.97. The highest BCUT2D eigenvalue weighted by Gasteiger charge is 2.57. The van der Waals surface area contributed by atoms with Crippen molar-refractivity contribution >= 4 is 11.8 Å². The molecule has 31 heavy (non-hydrogen) atoms. The quantitative estimate of drug-likeness (QED) is 0.637. The summed E-state index contributed by atoms with van der Waals surface area (Å²) in [5.74, 6) is 5.64. The number of rotatable bonds is 2. The zero-order chi connectivity index (χ0) is 20.8. The molecule has 8 bridgehead atoms. The molecule has 8 aliphatic carbocycles. The summed E-state index contributed by atoms with van der Waals surface area (Å²) < 4.78 is 0. The van der Waals surface area contributed by atoms with Gasteiger partial charge in [-0.1, -0.05) is 0 Å². The molecule has 0 N–H and O–H groups in total. The van der Waals surface area contributed by atoms with Crippen LogP contribution in [0.5, 0.6) is 0 Å². The molecule has 0 atom stereocenters. The van der Waals surface area contributed by atoms with Crippen molar-refractivity contribution in [3.8, 4) is 0 Å². The molecule has 0 aromatic rings. The fourth-order valence-corrected chi connectivity index (χ4v) is 10.7. The Morgan fingerprint density at radius 1 is 0.516 bits per heavy atom. The van der Waals surface area contributed by atoms with Crippen LogP contribution in [0.15, 0.2) is 0 Å². The van der Waals surface area contributed by atoms with E-state index in [1.807, 2.05) is 0 Å². The molecule has 9 fully saturated rings. The van der Waals surface area contributed by atoms with Crippen LogP contribution in [0.4, 0.5) is 0 Å². The molecular formula is C27H40N2O2. The summed E-state index contributed by atoms with van der Waals surface area (Å²) in [7, 11) is 0. The minimum atomic E-state index is -0.0749. The van der Waals surface area contributed by atoms with Crippen LogP contribution in [0, 0.1) is 46.3 Å². The predicted octanol–water partition coefficient (Wildman–Crippen LogP) is 4.83. The van der Waals surface area contributed by atoms with Crippen LogP contribution in [0.1, 0.15) is 89.9 Å². The first kappa shape index (κ1) is 19.4. The summed E-state index contributed by atoms with van der Waals surface area (Å²) in [5, 5.41) is 0. The third kappa shape index (κ3) is 2.98. The molecule has 170 valence electrons. The lowest BCUT2D eigenvalue weighted by atomic mass is 9.49. The van der Waals surface area contributed by atoms with Gasteiger partial charge in [-0.15, -0.1) is 0 Å². The van der Waals surface area contributed by atoms with Gasteiger partial charge in [-0.05, 0) is 125 Å². The Balaban J connectivity index is 1.11. The van der Waals surface area contributed by atoms with Gasteiger partial charge in [-0.2, -0.15) is 0 Å². The number of hydrogen-bond donors (Lipinski definition) is 0. The monoisotopic (exact) mass is 424 g/mol. The summed E-state index contributed by atoms with van der Waals surface area (Å²) in [6, 6.07) is 0. The second-order valence-electron chi connectivity index (χ2n) is 13.4. The molecule has 4 nitrogen and oxygen atoms in total. The highest BCUT2D eigenvalue weighted by molar-refractivity contribution is 5.86. The Morgan fingerprint density at radius 2 is 0.806 bits per heavy atom. The lowest BCUT2D eigenvalue weighted by Crippen LogP contribution is -2.58.